The molecule has 3 rings (SSSR count). The van der Waals surface area contributed by atoms with E-state index < -0.39 is 6.10 Å². The van der Waals surface area contributed by atoms with Crippen molar-refractivity contribution in [3.63, 3.8) is 0 Å². The van der Waals surface area contributed by atoms with Gasteiger partial charge in [0.15, 0.2) is 6.10 Å². The van der Waals surface area contributed by atoms with Crippen LogP contribution in [0.3, 0.4) is 0 Å². The van der Waals surface area contributed by atoms with Gasteiger partial charge in [0.1, 0.15) is 17.2 Å². The number of benzene rings is 2. The number of methoxy groups -OCH3 is 2. The molecule has 2 aromatic rings. The fourth-order valence-electron chi connectivity index (χ4n) is 3.38. The number of carbonyl (C=O) groups is 1. The van der Waals surface area contributed by atoms with Crippen LogP contribution in [-0.2, 0) is 11.3 Å². The van der Waals surface area contributed by atoms with Crippen LogP contribution < -0.4 is 14.2 Å². The predicted octanol–water partition coefficient (Wildman–Crippen LogP) is 2.82. The van der Waals surface area contributed by atoms with E-state index in [2.05, 4.69) is 4.90 Å². The van der Waals surface area contributed by atoms with Crippen LogP contribution in [0.5, 0.6) is 17.2 Å². The molecular weight excluding hydrogens is 356 g/mol. The molecular formula is C22H28N2O4. The van der Waals surface area contributed by atoms with Crippen molar-refractivity contribution < 1.29 is 19.0 Å². The van der Waals surface area contributed by atoms with E-state index in [1.165, 1.54) is 0 Å². The summed E-state index contributed by atoms with van der Waals surface area (Å²) in [4.78, 5) is 16.9. The monoisotopic (exact) mass is 384 g/mol. The summed E-state index contributed by atoms with van der Waals surface area (Å²) in [6.07, 6.45) is -0.493. The minimum Gasteiger partial charge on any atom is -0.497 e. The van der Waals surface area contributed by atoms with E-state index in [-0.39, 0.29) is 5.91 Å². The van der Waals surface area contributed by atoms with Gasteiger partial charge in [0.2, 0.25) is 0 Å². The Bertz CT molecular complexity index is 773. The van der Waals surface area contributed by atoms with E-state index in [1.807, 2.05) is 60.4 Å². The second kappa shape index (κ2) is 9.46. The molecule has 1 saturated heterocycles. The average Bonchev–Trinajstić information content (AvgIpc) is 2.74. The van der Waals surface area contributed by atoms with Crippen molar-refractivity contribution in [2.24, 2.45) is 0 Å². The Morgan fingerprint density at radius 2 is 1.68 bits per heavy atom. The van der Waals surface area contributed by atoms with Crippen LogP contribution >= 0.6 is 0 Å². The standard InChI is InChI=1S/C22H28N2O4/c1-17(28-19-7-5-4-6-8-19)22(25)24-13-11-23(12-14-24)16-18-15-20(26-2)9-10-21(18)27-3/h4-10,15,17H,11-14,16H2,1-3H3. The summed E-state index contributed by atoms with van der Waals surface area (Å²) < 4.78 is 16.6. The number of para-hydroxylation sites is 1. The van der Waals surface area contributed by atoms with Crippen molar-refractivity contribution >= 4 is 5.91 Å². The van der Waals surface area contributed by atoms with Crippen molar-refractivity contribution in [1.29, 1.82) is 0 Å². The molecule has 1 amide bonds. The summed E-state index contributed by atoms with van der Waals surface area (Å²) >= 11 is 0. The number of hydrogen-bond acceptors (Lipinski definition) is 5. The highest BCUT2D eigenvalue weighted by Crippen LogP contribution is 2.25. The van der Waals surface area contributed by atoms with Crippen molar-refractivity contribution in [2.45, 2.75) is 19.6 Å². The maximum atomic E-state index is 12.7. The maximum absolute atomic E-state index is 12.7. The SMILES string of the molecule is COc1ccc(OC)c(CN2CCN(C(=O)C(C)Oc3ccccc3)CC2)c1. The minimum absolute atomic E-state index is 0.0301. The lowest BCUT2D eigenvalue weighted by Crippen LogP contribution is -2.51. The topological polar surface area (TPSA) is 51.2 Å². The number of amides is 1. The first-order valence-electron chi connectivity index (χ1n) is 9.54. The molecule has 0 aliphatic carbocycles. The molecule has 0 radical (unpaired) electrons. The molecule has 0 spiro atoms. The van der Waals surface area contributed by atoms with E-state index in [9.17, 15) is 4.79 Å². The number of piperazine rings is 1. The zero-order valence-electron chi connectivity index (χ0n) is 16.8. The molecule has 1 fully saturated rings. The van der Waals surface area contributed by atoms with Crippen LogP contribution in [0.25, 0.3) is 0 Å². The van der Waals surface area contributed by atoms with Gasteiger partial charge in [-0.25, -0.2) is 0 Å². The highest BCUT2D eigenvalue weighted by Gasteiger charge is 2.26. The van der Waals surface area contributed by atoms with Gasteiger partial charge in [-0.1, -0.05) is 18.2 Å². The molecule has 0 bridgehead atoms. The quantitative estimate of drug-likeness (QED) is 0.735. The maximum Gasteiger partial charge on any atom is 0.263 e. The minimum atomic E-state index is -0.493. The molecule has 1 unspecified atom stereocenters. The smallest absolute Gasteiger partial charge is 0.263 e. The lowest BCUT2D eigenvalue weighted by molar-refractivity contribution is -0.139. The number of ether oxygens (including phenoxy) is 3. The molecule has 2 aromatic carbocycles. The van der Waals surface area contributed by atoms with Crippen LogP contribution in [0.1, 0.15) is 12.5 Å². The van der Waals surface area contributed by atoms with Gasteiger partial charge in [-0.05, 0) is 37.3 Å². The van der Waals surface area contributed by atoms with Gasteiger partial charge in [-0.3, -0.25) is 9.69 Å². The molecule has 1 aliphatic heterocycles. The third-order valence-electron chi connectivity index (χ3n) is 4.97. The largest absolute Gasteiger partial charge is 0.497 e. The summed E-state index contributed by atoms with van der Waals surface area (Å²) in [6.45, 7) is 5.57. The van der Waals surface area contributed by atoms with E-state index in [4.69, 9.17) is 14.2 Å². The van der Waals surface area contributed by atoms with Gasteiger partial charge >= 0.3 is 0 Å². The first-order chi connectivity index (χ1) is 13.6. The van der Waals surface area contributed by atoms with Gasteiger partial charge in [0, 0.05) is 38.3 Å². The molecule has 0 saturated carbocycles. The normalized spacial score (nSPS) is 15.8. The molecule has 6 heteroatoms. The fraction of sp³-hybridized carbons (Fsp3) is 0.409. The molecule has 1 atom stereocenters. The Kier molecular flexibility index (Phi) is 6.76. The third kappa shape index (κ3) is 4.95. The second-order valence-corrected chi connectivity index (χ2v) is 6.85. The summed E-state index contributed by atoms with van der Waals surface area (Å²) in [5.41, 5.74) is 1.09. The first-order valence-corrected chi connectivity index (χ1v) is 9.54. The van der Waals surface area contributed by atoms with Crippen LogP contribution in [0.4, 0.5) is 0 Å². The van der Waals surface area contributed by atoms with Gasteiger partial charge in [0.25, 0.3) is 5.91 Å². The van der Waals surface area contributed by atoms with Crippen LogP contribution in [0.2, 0.25) is 0 Å². The molecule has 0 aromatic heterocycles. The Labute approximate surface area is 166 Å². The van der Waals surface area contributed by atoms with Crippen molar-refractivity contribution in [3.8, 4) is 17.2 Å². The summed E-state index contributed by atoms with van der Waals surface area (Å²) in [5.74, 6) is 2.41. The first kappa shape index (κ1) is 20.0. The Balaban J connectivity index is 1.53. The summed E-state index contributed by atoms with van der Waals surface area (Å²) in [6, 6.07) is 15.3. The number of hydrogen-bond donors (Lipinski definition) is 0. The van der Waals surface area contributed by atoms with Gasteiger partial charge < -0.3 is 19.1 Å². The van der Waals surface area contributed by atoms with Crippen molar-refractivity contribution in [3.05, 3.63) is 54.1 Å². The molecule has 1 aliphatic rings. The number of rotatable bonds is 7. The summed E-state index contributed by atoms with van der Waals surface area (Å²) in [5, 5.41) is 0. The van der Waals surface area contributed by atoms with Gasteiger partial charge in [-0.15, -0.1) is 0 Å². The average molecular weight is 384 g/mol. The highest BCUT2D eigenvalue weighted by atomic mass is 16.5. The zero-order valence-corrected chi connectivity index (χ0v) is 16.8. The van der Waals surface area contributed by atoms with Crippen molar-refractivity contribution in [1.82, 2.24) is 9.80 Å². The van der Waals surface area contributed by atoms with E-state index >= 15 is 0 Å². The Morgan fingerprint density at radius 1 is 0.964 bits per heavy atom. The Morgan fingerprint density at radius 3 is 2.32 bits per heavy atom. The molecule has 150 valence electrons. The third-order valence-corrected chi connectivity index (χ3v) is 4.97. The lowest BCUT2D eigenvalue weighted by atomic mass is 10.1. The van der Waals surface area contributed by atoms with Gasteiger partial charge in [-0.2, -0.15) is 0 Å². The fourth-order valence-corrected chi connectivity index (χ4v) is 3.38. The molecule has 1 heterocycles. The van der Waals surface area contributed by atoms with E-state index in [0.29, 0.717) is 18.8 Å². The van der Waals surface area contributed by atoms with Crippen LogP contribution in [-0.4, -0.2) is 62.2 Å². The molecule has 6 nitrogen and oxygen atoms in total. The molecule has 28 heavy (non-hydrogen) atoms. The second-order valence-electron chi connectivity index (χ2n) is 6.85. The number of carbonyl (C=O) groups excluding carboxylic acids is 1. The van der Waals surface area contributed by atoms with Gasteiger partial charge in [0.05, 0.1) is 14.2 Å². The van der Waals surface area contributed by atoms with E-state index in [1.54, 1.807) is 14.2 Å². The predicted molar refractivity (Wildman–Crippen MR) is 108 cm³/mol. The number of nitrogens with zero attached hydrogens (tertiary/aromatic N) is 2. The summed E-state index contributed by atoms with van der Waals surface area (Å²) in [7, 11) is 3.34. The van der Waals surface area contributed by atoms with Crippen molar-refractivity contribution in [2.75, 3.05) is 40.4 Å². The zero-order chi connectivity index (χ0) is 19.9. The van der Waals surface area contributed by atoms with E-state index in [0.717, 1.165) is 36.7 Å². The Hall–Kier alpha value is -2.73. The van der Waals surface area contributed by atoms with Crippen LogP contribution in [0, 0.1) is 0 Å². The van der Waals surface area contributed by atoms with Crippen LogP contribution in [0.15, 0.2) is 48.5 Å². The molecule has 0 N–H and O–H groups in total. The lowest BCUT2D eigenvalue weighted by Gasteiger charge is -2.36. The highest BCUT2D eigenvalue weighted by molar-refractivity contribution is 5.81.